The average Bonchev–Trinajstić information content (AvgIpc) is 2.62. The number of phenols is 2. The first-order chi connectivity index (χ1) is 12.1. The van der Waals surface area contributed by atoms with Crippen LogP contribution in [-0.4, -0.2) is 43.6 Å². The first-order valence-corrected chi connectivity index (χ1v) is 8.14. The Morgan fingerprint density at radius 2 is 1.56 bits per heavy atom. The minimum atomic E-state index is -0.0997. The molecule has 0 unspecified atom stereocenters. The van der Waals surface area contributed by atoms with Crippen LogP contribution < -0.4 is 19.5 Å². The van der Waals surface area contributed by atoms with E-state index in [-0.39, 0.29) is 35.4 Å². The van der Waals surface area contributed by atoms with Gasteiger partial charge in [0, 0.05) is 6.04 Å². The number of nitrogens with one attached hydrogen (secondary N) is 1. The highest BCUT2D eigenvalue weighted by atomic mass is 35.5. The van der Waals surface area contributed by atoms with Crippen LogP contribution in [0.4, 0.5) is 0 Å². The summed E-state index contributed by atoms with van der Waals surface area (Å²) in [5.74, 6) is 1.61. The number of fused-ring (bicyclic) bond motifs is 1. The van der Waals surface area contributed by atoms with Gasteiger partial charge >= 0.3 is 0 Å². The Kier molecular flexibility index (Phi) is 8.02. The molecule has 0 radical (unpaired) electrons. The molecule has 0 amide bonds. The van der Waals surface area contributed by atoms with Crippen molar-refractivity contribution in [3.63, 3.8) is 0 Å². The largest absolute Gasteiger partial charge is 0.504 e. The maximum atomic E-state index is 9.86. The van der Waals surface area contributed by atoms with Crippen molar-refractivity contribution >= 4 is 12.4 Å². The van der Waals surface area contributed by atoms with E-state index in [1.54, 1.807) is 33.5 Å². The predicted molar refractivity (Wildman–Crippen MR) is 105 cm³/mol. The highest BCUT2D eigenvalue weighted by molar-refractivity contribution is 5.85. The molecule has 150 valence electrons. The van der Waals surface area contributed by atoms with Crippen LogP contribution in [0.25, 0.3) is 0 Å². The molecule has 2 aromatic carbocycles. The van der Waals surface area contributed by atoms with Gasteiger partial charge in [-0.2, -0.15) is 0 Å². The van der Waals surface area contributed by atoms with Gasteiger partial charge in [-0.15, -0.1) is 12.4 Å². The zero-order valence-electron chi connectivity index (χ0n) is 15.5. The van der Waals surface area contributed by atoms with Gasteiger partial charge in [0.1, 0.15) is 0 Å². The highest BCUT2D eigenvalue weighted by Crippen LogP contribution is 2.40. The topological polar surface area (TPSA) is 112 Å². The van der Waals surface area contributed by atoms with Gasteiger partial charge in [-0.1, -0.05) is 0 Å². The van der Waals surface area contributed by atoms with Crippen LogP contribution in [0, 0.1) is 0 Å². The zero-order chi connectivity index (χ0) is 18.0. The summed E-state index contributed by atoms with van der Waals surface area (Å²) in [6.07, 6.45) is 1.50. The predicted octanol–water partition coefficient (Wildman–Crippen LogP) is 2.15. The fraction of sp³-hybridized carbons (Fsp3) is 0.368. The Morgan fingerprint density at radius 1 is 0.963 bits per heavy atom. The Labute approximate surface area is 164 Å². The molecule has 27 heavy (non-hydrogen) atoms. The van der Waals surface area contributed by atoms with Crippen molar-refractivity contribution in [2.45, 2.75) is 18.9 Å². The third-order valence-electron chi connectivity index (χ3n) is 4.56. The van der Waals surface area contributed by atoms with Crippen LogP contribution in [-0.2, 0) is 12.8 Å². The maximum Gasteiger partial charge on any atom is 0.203 e. The highest BCUT2D eigenvalue weighted by Gasteiger charge is 2.23. The van der Waals surface area contributed by atoms with E-state index in [2.05, 4.69) is 5.32 Å². The Hall–Kier alpha value is -2.35. The van der Waals surface area contributed by atoms with Crippen molar-refractivity contribution in [3.05, 3.63) is 41.0 Å². The van der Waals surface area contributed by atoms with Crippen molar-refractivity contribution in [2.24, 2.45) is 0 Å². The van der Waals surface area contributed by atoms with Gasteiger partial charge in [-0.05, 0) is 60.3 Å². The molecule has 0 aromatic heterocycles. The molecule has 7 nitrogen and oxygen atoms in total. The van der Waals surface area contributed by atoms with E-state index in [9.17, 15) is 10.2 Å². The lowest BCUT2D eigenvalue weighted by atomic mass is 9.89. The summed E-state index contributed by atoms with van der Waals surface area (Å²) in [6.45, 7) is 0.812. The van der Waals surface area contributed by atoms with E-state index in [1.165, 1.54) is 0 Å². The molecule has 0 fully saturated rings. The lowest BCUT2D eigenvalue weighted by Crippen LogP contribution is -2.31. The molecular formula is C19H26ClNO6. The van der Waals surface area contributed by atoms with Crippen molar-refractivity contribution in [2.75, 3.05) is 27.9 Å². The van der Waals surface area contributed by atoms with Crippen molar-refractivity contribution in [1.29, 1.82) is 0 Å². The lowest BCUT2D eigenvalue weighted by Gasteiger charge is -2.28. The van der Waals surface area contributed by atoms with E-state index < -0.39 is 0 Å². The van der Waals surface area contributed by atoms with Crippen LogP contribution in [0.2, 0.25) is 0 Å². The molecule has 8 heteroatoms. The molecule has 1 aliphatic heterocycles. The second kappa shape index (κ2) is 9.55. The van der Waals surface area contributed by atoms with Crippen LogP contribution >= 0.6 is 12.4 Å². The third-order valence-corrected chi connectivity index (χ3v) is 4.56. The molecule has 0 saturated carbocycles. The number of halogens is 1. The van der Waals surface area contributed by atoms with Crippen LogP contribution in [0.1, 0.15) is 22.7 Å². The molecule has 1 atom stereocenters. The number of hydrogen-bond donors (Lipinski definition) is 3. The summed E-state index contributed by atoms with van der Waals surface area (Å²) in [5, 5.41) is 23.1. The molecule has 1 aliphatic rings. The normalized spacial score (nSPS) is 15.0. The van der Waals surface area contributed by atoms with Crippen molar-refractivity contribution in [1.82, 2.24) is 5.32 Å². The molecule has 0 aliphatic carbocycles. The van der Waals surface area contributed by atoms with E-state index in [1.807, 2.05) is 12.1 Å². The molecular weight excluding hydrogens is 374 g/mol. The Balaban J connectivity index is 0.00000182. The van der Waals surface area contributed by atoms with Gasteiger partial charge in [0.25, 0.3) is 0 Å². The molecule has 1 heterocycles. The van der Waals surface area contributed by atoms with Gasteiger partial charge in [-0.3, -0.25) is 0 Å². The van der Waals surface area contributed by atoms with E-state index in [4.69, 9.17) is 14.2 Å². The fourth-order valence-electron chi connectivity index (χ4n) is 3.34. The van der Waals surface area contributed by atoms with Crippen LogP contribution in [0.3, 0.4) is 0 Å². The van der Waals surface area contributed by atoms with Crippen LogP contribution in [0.5, 0.6) is 28.7 Å². The first kappa shape index (κ1) is 22.7. The minimum Gasteiger partial charge on any atom is -0.504 e. The molecule has 2 aromatic rings. The summed E-state index contributed by atoms with van der Waals surface area (Å²) >= 11 is 0. The molecule has 0 bridgehead atoms. The van der Waals surface area contributed by atoms with Crippen molar-refractivity contribution in [3.8, 4) is 28.7 Å². The van der Waals surface area contributed by atoms with Crippen molar-refractivity contribution < 1.29 is 29.9 Å². The number of aromatic hydroxyl groups is 2. The summed E-state index contributed by atoms with van der Waals surface area (Å²) in [4.78, 5) is 0. The second-order valence-corrected chi connectivity index (χ2v) is 6.03. The number of hydrogen-bond acceptors (Lipinski definition) is 6. The van der Waals surface area contributed by atoms with Gasteiger partial charge < -0.3 is 35.2 Å². The quantitative estimate of drug-likeness (QED) is 0.664. The van der Waals surface area contributed by atoms with Gasteiger partial charge in [0.2, 0.25) is 5.75 Å². The van der Waals surface area contributed by atoms with Gasteiger partial charge in [0.15, 0.2) is 23.0 Å². The van der Waals surface area contributed by atoms with Gasteiger partial charge in [0.05, 0.1) is 21.3 Å². The fourth-order valence-corrected chi connectivity index (χ4v) is 3.34. The lowest BCUT2D eigenvalue weighted by molar-refractivity contribution is 0.323. The number of rotatable bonds is 5. The third kappa shape index (κ3) is 4.50. The molecule has 5 N–H and O–H groups in total. The molecule has 0 saturated heterocycles. The monoisotopic (exact) mass is 399 g/mol. The van der Waals surface area contributed by atoms with Crippen LogP contribution in [0.15, 0.2) is 24.3 Å². The van der Waals surface area contributed by atoms with E-state index in [0.717, 1.165) is 29.7 Å². The summed E-state index contributed by atoms with van der Waals surface area (Å²) < 4.78 is 16.2. The number of benzene rings is 2. The second-order valence-electron chi connectivity index (χ2n) is 6.03. The maximum absolute atomic E-state index is 9.86. The summed E-state index contributed by atoms with van der Waals surface area (Å²) in [6, 6.07) is 7.17. The number of phenolic OH excluding ortho intramolecular Hbond substituents is 2. The van der Waals surface area contributed by atoms with E-state index in [0.29, 0.717) is 23.7 Å². The molecule has 0 spiro atoms. The Morgan fingerprint density at radius 3 is 2.11 bits per heavy atom. The standard InChI is InChI=1S/C19H23NO5.ClH.H2O/c1-23-17-7-11(8-18(24-2)19(17)25-3)6-14-13-10-16(22)15(21)9-12(13)4-5-20-14;;/h7-10,14,20-22H,4-6H2,1-3H3;1H;1H2/t14-;;/m0../s1. The minimum absolute atomic E-state index is 0. The van der Waals surface area contributed by atoms with Gasteiger partial charge in [-0.25, -0.2) is 0 Å². The number of ether oxygens (including phenoxy) is 3. The smallest absolute Gasteiger partial charge is 0.203 e. The number of methoxy groups -OCH3 is 3. The Bertz CT molecular complexity index is 758. The summed E-state index contributed by atoms with van der Waals surface area (Å²) in [5.41, 5.74) is 3.06. The summed E-state index contributed by atoms with van der Waals surface area (Å²) in [7, 11) is 4.76. The SMILES string of the molecule is COc1cc(C[C@@H]2NCCc3cc(O)c(O)cc32)cc(OC)c1OC.Cl.O. The average molecular weight is 400 g/mol. The molecule has 3 rings (SSSR count). The van der Waals surface area contributed by atoms with E-state index >= 15 is 0 Å². The first-order valence-electron chi connectivity index (χ1n) is 8.14. The zero-order valence-corrected chi connectivity index (χ0v) is 16.4.